The van der Waals surface area contributed by atoms with Gasteiger partial charge in [-0.3, -0.25) is 14.2 Å². The maximum Gasteiger partial charge on any atom is 0.263 e. The molecule has 1 atom stereocenters. The van der Waals surface area contributed by atoms with Gasteiger partial charge >= 0.3 is 0 Å². The van der Waals surface area contributed by atoms with E-state index in [1.807, 2.05) is 31.2 Å². The zero-order valence-electron chi connectivity index (χ0n) is 19.9. The number of carbonyl (C=O) groups excluding carboxylic acids is 1. The molecule has 0 spiro atoms. The first kappa shape index (κ1) is 23.6. The minimum absolute atomic E-state index is 0.165. The summed E-state index contributed by atoms with van der Waals surface area (Å²) >= 11 is 7.85. The van der Waals surface area contributed by atoms with E-state index in [9.17, 15) is 9.59 Å². The van der Waals surface area contributed by atoms with Crippen LogP contribution in [-0.4, -0.2) is 22.6 Å². The lowest BCUT2D eigenvalue weighted by molar-refractivity contribution is -0.118. The van der Waals surface area contributed by atoms with Crippen LogP contribution >= 0.6 is 22.9 Å². The molecule has 2 aromatic heterocycles. The molecular formula is C27H26ClN3O3S. The summed E-state index contributed by atoms with van der Waals surface area (Å²) in [5.74, 6) is 0.695. The smallest absolute Gasteiger partial charge is 0.263 e. The monoisotopic (exact) mass is 507 g/mol. The van der Waals surface area contributed by atoms with Gasteiger partial charge in [0.25, 0.3) is 5.56 Å². The van der Waals surface area contributed by atoms with E-state index in [0.29, 0.717) is 27.7 Å². The number of benzene rings is 2. The third kappa shape index (κ3) is 4.34. The number of aromatic nitrogens is 2. The molecule has 2 aromatic carbocycles. The first-order valence-electron chi connectivity index (χ1n) is 11.7. The number of aryl methyl sites for hydroxylation is 3. The first-order chi connectivity index (χ1) is 16.9. The fourth-order valence-corrected chi connectivity index (χ4v) is 6.18. The van der Waals surface area contributed by atoms with E-state index in [1.165, 1.54) is 12.0 Å². The van der Waals surface area contributed by atoms with E-state index in [0.717, 1.165) is 47.2 Å². The van der Waals surface area contributed by atoms with Crippen molar-refractivity contribution >= 4 is 44.7 Å². The number of anilines is 1. The summed E-state index contributed by atoms with van der Waals surface area (Å²) in [7, 11) is 1.53. The Labute approximate surface area is 212 Å². The second-order valence-electron chi connectivity index (χ2n) is 8.89. The van der Waals surface area contributed by atoms with E-state index >= 15 is 0 Å². The molecule has 1 aliphatic carbocycles. The van der Waals surface area contributed by atoms with Crippen molar-refractivity contribution < 1.29 is 9.53 Å². The number of fused-ring (bicyclic) bond motifs is 3. The molecule has 1 N–H and O–H groups in total. The van der Waals surface area contributed by atoms with Gasteiger partial charge in [0.1, 0.15) is 22.4 Å². The molecule has 8 heteroatoms. The summed E-state index contributed by atoms with van der Waals surface area (Å²) < 4.78 is 6.73. The molecule has 35 heavy (non-hydrogen) atoms. The zero-order valence-corrected chi connectivity index (χ0v) is 21.4. The molecule has 5 rings (SSSR count). The van der Waals surface area contributed by atoms with Crippen molar-refractivity contribution in [1.82, 2.24) is 9.55 Å². The summed E-state index contributed by atoms with van der Waals surface area (Å²) in [6.07, 6.45) is 4.04. The number of carbonyl (C=O) groups is 1. The lowest BCUT2D eigenvalue weighted by Crippen LogP contribution is -2.33. The Kier molecular flexibility index (Phi) is 6.38. The quantitative estimate of drug-likeness (QED) is 0.350. The van der Waals surface area contributed by atoms with Crippen molar-refractivity contribution in [2.45, 2.75) is 45.6 Å². The van der Waals surface area contributed by atoms with E-state index in [4.69, 9.17) is 21.3 Å². The van der Waals surface area contributed by atoms with E-state index in [2.05, 4.69) is 5.32 Å². The van der Waals surface area contributed by atoms with Gasteiger partial charge in [-0.1, -0.05) is 35.4 Å². The normalized spacial score (nSPS) is 13.9. The highest BCUT2D eigenvalue weighted by Gasteiger charge is 2.27. The number of thiophene rings is 1. The maximum atomic E-state index is 14.0. The second kappa shape index (κ2) is 9.47. The number of nitrogens with one attached hydrogen (secondary N) is 1. The van der Waals surface area contributed by atoms with Crippen LogP contribution in [0.1, 0.15) is 41.8 Å². The average Bonchev–Trinajstić information content (AvgIpc) is 3.22. The van der Waals surface area contributed by atoms with Crippen LogP contribution in [-0.2, 0) is 17.6 Å². The number of amides is 1. The van der Waals surface area contributed by atoms with E-state index < -0.39 is 6.04 Å². The SMILES string of the molecule is COc1ccc(NC(=O)C(C)n2c(-c3cccc(C)c3)nc3sc4c(c3c2=O)CCCC4)cc1Cl. The number of rotatable bonds is 5. The number of hydrogen-bond acceptors (Lipinski definition) is 5. The molecule has 1 aliphatic rings. The third-order valence-electron chi connectivity index (χ3n) is 6.48. The molecular weight excluding hydrogens is 482 g/mol. The molecule has 180 valence electrons. The summed E-state index contributed by atoms with van der Waals surface area (Å²) in [5.41, 5.74) is 3.33. The van der Waals surface area contributed by atoms with Gasteiger partial charge in [0.05, 0.1) is 17.5 Å². The zero-order chi connectivity index (χ0) is 24.7. The van der Waals surface area contributed by atoms with Crippen LogP contribution in [0.5, 0.6) is 5.75 Å². The molecule has 0 saturated heterocycles. The standard InChI is InChI=1S/C27H26ClN3O3S/c1-15-7-6-8-17(13-15)24-30-26-23(19-9-4-5-10-22(19)35-26)27(33)31(24)16(2)25(32)29-18-11-12-21(34-3)20(28)14-18/h6-8,11-14,16H,4-5,9-10H2,1-3H3,(H,29,32). The van der Waals surface area contributed by atoms with Gasteiger partial charge in [0.2, 0.25) is 5.91 Å². The van der Waals surface area contributed by atoms with E-state index in [1.54, 1.807) is 41.0 Å². The Hall–Kier alpha value is -3.16. The lowest BCUT2D eigenvalue weighted by Gasteiger charge is -2.20. The van der Waals surface area contributed by atoms with Crippen molar-refractivity contribution in [1.29, 1.82) is 0 Å². The molecule has 4 aromatic rings. The minimum Gasteiger partial charge on any atom is -0.495 e. The lowest BCUT2D eigenvalue weighted by atomic mass is 9.97. The molecule has 2 heterocycles. The van der Waals surface area contributed by atoms with Crippen molar-refractivity contribution in [3.63, 3.8) is 0 Å². The number of ether oxygens (including phenoxy) is 1. The molecule has 0 radical (unpaired) electrons. The third-order valence-corrected chi connectivity index (χ3v) is 7.96. The van der Waals surface area contributed by atoms with Crippen LogP contribution < -0.4 is 15.6 Å². The van der Waals surface area contributed by atoms with Crippen LogP contribution in [0.25, 0.3) is 21.6 Å². The van der Waals surface area contributed by atoms with Crippen LogP contribution in [0.15, 0.2) is 47.3 Å². The van der Waals surface area contributed by atoms with Crippen molar-refractivity contribution in [3.05, 3.63) is 73.8 Å². The first-order valence-corrected chi connectivity index (χ1v) is 12.8. The highest BCUT2D eigenvalue weighted by Crippen LogP contribution is 2.35. The van der Waals surface area contributed by atoms with Gasteiger partial charge in [-0.15, -0.1) is 11.3 Å². The van der Waals surface area contributed by atoms with Crippen LogP contribution in [0.4, 0.5) is 5.69 Å². The summed E-state index contributed by atoms with van der Waals surface area (Å²) in [6, 6.07) is 12.1. The van der Waals surface area contributed by atoms with Crippen LogP contribution in [0, 0.1) is 6.92 Å². The number of halogens is 1. The average molecular weight is 508 g/mol. The topological polar surface area (TPSA) is 73.2 Å². The van der Waals surface area contributed by atoms with Crippen molar-refractivity contribution in [2.24, 2.45) is 0 Å². The molecule has 1 unspecified atom stereocenters. The Morgan fingerprint density at radius 1 is 1.20 bits per heavy atom. The molecule has 0 aliphatic heterocycles. The summed E-state index contributed by atoms with van der Waals surface area (Å²) in [5, 5.41) is 3.94. The second-order valence-corrected chi connectivity index (χ2v) is 10.4. The highest BCUT2D eigenvalue weighted by atomic mass is 35.5. The van der Waals surface area contributed by atoms with Gasteiger partial charge in [0, 0.05) is 16.1 Å². The van der Waals surface area contributed by atoms with Crippen LogP contribution in [0.3, 0.4) is 0 Å². The maximum absolute atomic E-state index is 14.0. The molecule has 0 bridgehead atoms. The number of methoxy groups -OCH3 is 1. The minimum atomic E-state index is -0.796. The van der Waals surface area contributed by atoms with Crippen LogP contribution in [0.2, 0.25) is 5.02 Å². The molecule has 6 nitrogen and oxygen atoms in total. The Morgan fingerprint density at radius 2 is 2.00 bits per heavy atom. The predicted molar refractivity (Wildman–Crippen MR) is 142 cm³/mol. The fourth-order valence-electron chi connectivity index (χ4n) is 4.67. The van der Waals surface area contributed by atoms with Gasteiger partial charge in [-0.05, 0) is 69.4 Å². The summed E-state index contributed by atoms with van der Waals surface area (Å²) in [4.78, 5) is 34.3. The summed E-state index contributed by atoms with van der Waals surface area (Å²) in [6.45, 7) is 3.73. The molecule has 0 fully saturated rings. The Bertz CT molecular complexity index is 1510. The number of nitrogens with zero attached hydrogens (tertiary/aromatic N) is 2. The van der Waals surface area contributed by atoms with Gasteiger partial charge < -0.3 is 10.1 Å². The van der Waals surface area contributed by atoms with Crippen molar-refractivity contribution in [3.8, 4) is 17.1 Å². The molecule has 0 saturated carbocycles. The van der Waals surface area contributed by atoms with Gasteiger partial charge in [-0.25, -0.2) is 4.98 Å². The van der Waals surface area contributed by atoms with Gasteiger partial charge in [0.15, 0.2) is 0 Å². The van der Waals surface area contributed by atoms with Gasteiger partial charge in [-0.2, -0.15) is 0 Å². The van der Waals surface area contributed by atoms with Crippen molar-refractivity contribution in [2.75, 3.05) is 12.4 Å². The Morgan fingerprint density at radius 3 is 2.74 bits per heavy atom. The molecule has 1 amide bonds. The predicted octanol–water partition coefficient (Wildman–Crippen LogP) is 6.17. The number of hydrogen-bond donors (Lipinski definition) is 1. The largest absolute Gasteiger partial charge is 0.495 e. The fraction of sp³-hybridized carbons (Fsp3) is 0.296. The highest BCUT2D eigenvalue weighted by molar-refractivity contribution is 7.18. The van der Waals surface area contributed by atoms with E-state index in [-0.39, 0.29) is 11.5 Å². The Balaban J connectivity index is 1.63.